The Morgan fingerprint density at radius 3 is 2.10 bits per heavy atom. The standard InChI is InChI=1S/C14H18N2O4/c1-10-5-7-11(8-6-10)13(17)16-12(9-15)14(18-2,19-3)20-4/h5-8,12H,1-4H3,(H,16,17)/t12-/m0/s1. The van der Waals surface area contributed by atoms with Gasteiger partial charge in [0.2, 0.25) is 0 Å². The number of nitrogens with one attached hydrogen (secondary N) is 1. The van der Waals surface area contributed by atoms with Crippen molar-refractivity contribution in [3.63, 3.8) is 0 Å². The maximum absolute atomic E-state index is 12.1. The molecule has 0 spiro atoms. The molecule has 6 heteroatoms. The smallest absolute Gasteiger partial charge is 0.318 e. The van der Waals surface area contributed by atoms with Crippen molar-refractivity contribution in [1.82, 2.24) is 5.32 Å². The minimum atomic E-state index is -1.64. The Morgan fingerprint density at radius 2 is 1.70 bits per heavy atom. The third-order valence-electron chi connectivity index (χ3n) is 2.93. The molecule has 0 fully saturated rings. The molecule has 0 aromatic heterocycles. The molecule has 0 saturated heterocycles. The Bertz CT molecular complexity index is 481. The highest BCUT2D eigenvalue weighted by Gasteiger charge is 2.42. The Labute approximate surface area is 118 Å². The number of hydrogen-bond acceptors (Lipinski definition) is 5. The second-order valence-electron chi connectivity index (χ2n) is 4.12. The van der Waals surface area contributed by atoms with Crippen molar-refractivity contribution >= 4 is 5.91 Å². The predicted molar refractivity (Wildman–Crippen MR) is 71.8 cm³/mol. The SMILES string of the molecule is COC(OC)(OC)[C@H](C#N)NC(=O)c1ccc(C)cc1. The minimum Gasteiger partial charge on any atom is -0.330 e. The Balaban J connectivity index is 2.91. The Kier molecular flexibility index (Phi) is 5.65. The van der Waals surface area contributed by atoms with E-state index in [0.717, 1.165) is 5.56 Å². The average molecular weight is 278 g/mol. The van der Waals surface area contributed by atoms with Gasteiger partial charge < -0.3 is 19.5 Å². The van der Waals surface area contributed by atoms with E-state index in [9.17, 15) is 10.1 Å². The number of aryl methyl sites for hydroxylation is 1. The molecule has 108 valence electrons. The zero-order valence-electron chi connectivity index (χ0n) is 12.0. The van der Waals surface area contributed by atoms with Gasteiger partial charge in [-0.15, -0.1) is 0 Å². The highest BCUT2D eigenvalue weighted by atomic mass is 16.9. The van der Waals surface area contributed by atoms with Crippen molar-refractivity contribution in [2.24, 2.45) is 0 Å². The second kappa shape index (κ2) is 7.01. The maximum atomic E-state index is 12.1. The zero-order chi connectivity index (χ0) is 15.2. The van der Waals surface area contributed by atoms with Crippen molar-refractivity contribution in [2.75, 3.05) is 21.3 Å². The van der Waals surface area contributed by atoms with E-state index in [0.29, 0.717) is 5.56 Å². The van der Waals surface area contributed by atoms with Gasteiger partial charge in [-0.2, -0.15) is 5.26 Å². The summed E-state index contributed by atoms with van der Waals surface area (Å²) in [5.74, 6) is -2.05. The van der Waals surface area contributed by atoms with Crippen LogP contribution in [0.4, 0.5) is 0 Å². The first-order chi connectivity index (χ1) is 9.52. The molecule has 0 heterocycles. The second-order valence-corrected chi connectivity index (χ2v) is 4.12. The van der Waals surface area contributed by atoms with Gasteiger partial charge in [-0.3, -0.25) is 4.79 Å². The van der Waals surface area contributed by atoms with Gasteiger partial charge in [0.25, 0.3) is 5.91 Å². The van der Waals surface area contributed by atoms with E-state index in [4.69, 9.17) is 14.2 Å². The largest absolute Gasteiger partial charge is 0.330 e. The molecule has 1 atom stereocenters. The van der Waals surface area contributed by atoms with E-state index in [1.165, 1.54) is 21.3 Å². The number of rotatable bonds is 6. The van der Waals surface area contributed by atoms with Crippen LogP contribution >= 0.6 is 0 Å². The summed E-state index contributed by atoms with van der Waals surface area (Å²) in [6.07, 6.45) is 0. The van der Waals surface area contributed by atoms with Crippen molar-refractivity contribution in [1.29, 1.82) is 5.26 Å². The summed E-state index contributed by atoms with van der Waals surface area (Å²) in [5.41, 5.74) is 1.48. The monoisotopic (exact) mass is 278 g/mol. The molecule has 1 aromatic carbocycles. The normalized spacial score (nSPS) is 12.6. The molecule has 1 aromatic rings. The summed E-state index contributed by atoms with van der Waals surface area (Å²) in [7, 11) is 3.99. The lowest BCUT2D eigenvalue weighted by atomic mass is 10.1. The molecule has 0 aliphatic rings. The molecule has 0 saturated carbocycles. The van der Waals surface area contributed by atoms with E-state index >= 15 is 0 Å². The Hall–Kier alpha value is -1.94. The molecule has 0 unspecified atom stereocenters. The quantitative estimate of drug-likeness (QED) is 0.791. The van der Waals surface area contributed by atoms with Crippen LogP contribution in [0.1, 0.15) is 15.9 Å². The summed E-state index contributed by atoms with van der Waals surface area (Å²) in [5, 5.41) is 11.7. The van der Waals surface area contributed by atoms with Crippen molar-refractivity contribution in [3.8, 4) is 6.07 Å². The summed E-state index contributed by atoms with van der Waals surface area (Å²) in [6, 6.07) is 7.76. The van der Waals surface area contributed by atoms with E-state index in [-0.39, 0.29) is 0 Å². The molecule has 1 N–H and O–H groups in total. The van der Waals surface area contributed by atoms with Gasteiger partial charge in [-0.1, -0.05) is 17.7 Å². The van der Waals surface area contributed by atoms with Gasteiger partial charge in [-0.05, 0) is 19.1 Å². The van der Waals surface area contributed by atoms with Crippen LogP contribution in [0, 0.1) is 18.3 Å². The third-order valence-corrected chi connectivity index (χ3v) is 2.93. The van der Waals surface area contributed by atoms with Crippen LogP contribution in [0.25, 0.3) is 0 Å². The molecule has 0 radical (unpaired) electrons. The first-order valence-electron chi connectivity index (χ1n) is 5.95. The summed E-state index contributed by atoms with van der Waals surface area (Å²) < 4.78 is 15.2. The number of nitriles is 1. The number of methoxy groups -OCH3 is 3. The molecule has 1 rings (SSSR count). The number of nitrogens with zero attached hydrogens (tertiary/aromatic N) is 1. The maximum Gasteiger partial charge on any atom is 0.318 e. The topological polar surface area (TPSA) is 80.6 Å². The number of hydrogen-bond donors (Lipinski definition) is 1. The molecule has 20 heavy (non-hydrogen) atoms. The fraction of sp³-hybridized carbons (Fsp3) is 0.429. The van der Waals surface area contributed by atoms with Crippen LogP contribution in [0.5, 0.6) is 0 Å². The van der Waals surface area contributed by atoms with Crippen molar-refractivity contribution in [2.45, 2.75) is 18.9 Å². The summed E-state index contributed by atoms with van der Waals surface area (Å²) >= 11 is 0. The lowest BCUT2D eigenvalue weighted by Gasteiger charge is -2.32. The van der Waals surface area contributed by atoms with Gasteiger partial charge in [0.15, 0.2) is 6.04 Å². The van der Waals surface area contributed by atoms with Gasteiger partial charge in [-0.25, -0.2) is 0 Å². The van der Waals surface area contributed by atoms with Crippen LogP contribution in [-0.4, -0.2) is 39.3 Å². The lowest BCUT2D eigenvalue weighted by molar-refractivity contribution is -0.357. The van der Waals surface area contributed by atoms with Crippen LogP contribution in [-0.2, 0) is 14.2 Å². The number of benzene rings is 1. The van der Waals surface area contributed by atoms with E-state index in [1.807, 2.05) is 25.1 Å². The highest BCUT2D eigenvalue weighted by Crippen LogP contribution is 2.18. The third kappa shape index (κ3) is 3.33. The van der Waals surface area contributed by atoms with Gasteiger partial charge >= 0.3 is 5.97 Å². The van der Waals surface area contributed by atoms with Crippen LogP contribution < -0.4 is 5.32 Å². The minimum absolute atomic E-state index is 0.410. The Morgan fingerprint density at radius 1 is 1.20 bits per heavy atom. The van der Waals surface area contributed by atoms with E-state index < -0.39 is 17.9 Å². The fourth-order valence-corrected chi connectivity index (χ4v) is 1.72. The zero-order valence-corrected chi connectivity index (χ0v) is 12.0. The molecule has 0 aliphatic heterocycles. The number of amides is 1. The number of ether oxygens (including phenoxy) is 3. The molecular formula is C14H18N2O4. The number of carbonyl (C=O) groups excluding carboxylic acids is 1. The van der Waals surface area contributed by atoms with Crippen LogP contribution in [0.2, 0.25) is 0 Å². The summed E-state index contributed by atoms with van der Waals surface area (Å²) in [6.45, 7) is 1.92. The van der Waals surface area contributed by atoms with Crippen LogP contribution in [0.3, 0.4) is 0 Å². The first kappa shape index (κ1) is 16.1. The van der Waals surface area contributed by atoms with Gasteiger partial charge in [0, 0.05) is 26.9 Å². The average Bonchev–Trinajstić information content (AvgIpc) is 2.48. The van der Waals surface area contributed by atoms with Crippen molar-refractivity contribution < 1.29 is 19.0 Å². The van der Waals surface area contributed by atoms with E-state index in [2.05, 4.69) is 5.32 Å². The molecular weight excluding hydrogens is 260 g/mol. The lowest BCUT2D eigenvalue weighted by Crippen LogP contribution is -2.55. The summed E-state index contributed by atoms with van der Waals surface area (Å²) in [4.78, 5) is 12.1. The predicted octanol–water partition coefficient (Wildman–Crippen LogP) is 1.21. The fourth-order valence-electron chi connectivity index (χ4n) is 1.72. The number of carbonyl (C=O) groups is 1. The van der Waals surface area contributed by atoms with E-state index in [1.54, 1.807) is 12.1 Å². The molecule has 0 bridgehead atoms. The first-order valence-corrected chi connectivity index (χ1v) is 5.95. The molecule has 0 aliphatic carbocycles. The van der Waals surface area contributed by atoms with Gasteiger partial charge in [0.1, 0.15) is 0 Å². The molecule has 6 nitrogen and oxygen atoms in total. The molecule has 1 amide bonds. The van der Waals surface area contributed by atoms with Crippen LogP contribution in [0.15, 0.2) is 24.3 Å². The van der Waals surface area contributed by atoms with Crippen molar-refractivity contribution in [3.05, 3.63) is 35.4 Å². The van der Waals surface area contributed by atoms with Gasteiger partial charge in [0.05, 0.1) is 6.07 Å². The highest BCUT2D eigenvalue weighted by molar-refractivity contribution is 5.94.